The van der Waals surface area contributed by atoms with Crippen LogP contribution >= 0.6 is 0 Å². The fourth-order valence-electron chi connectivity index (χ4n) is 3.39. The number of hydrogen-bond donors (Lipinski definition) is 2. The predicted octanol–water partition coefficient (Wildman–Crippen LogP) is 7.01. The molecule has 0 heterocycles. The summed E-state index contributed by atoms with van der Waals surface area (Å²) in [6, 6.07) is 0. The Labute approximate surface area is 194 Å². The molecule has 2 N–H and O–H groups in total. The molecule has 0 rings (SSSR count). The summed E-state index contributed by atoms with van der Waals surface area (Å²) < 4.78 is 11.7. The van der Waals surface area contributed by atoms with E-state index >= 15 is 0 Å². The van der Waals surface area contributed by atoms with Gasteiger partial charge in [-0.25, -0.2) is 9.59 Å². The number of carbonyl (C=O) groups is 2. The minimum absolute atomic E-state index is 0.242. The van der Waals surface area contributed by atoms with Gasteiger partial charge < -0.3 is 19.7 Å². The topological polar surface area (TPSA) is 93.1 Å². The highest BCUT2D eigenvalue weighted by atomic mass is 16.5. The standard InChI is InChI=1S/C26H44O6/c1-7-13-15-19(9-3)17-31-21(11-5)23(25(27)28)24(26(29)30)22(12-6)32-18-20(10-4)16-14-8-2/h17-18,21-22H,7-16H2,1-6H3,(H,27,28)(H,29,30). The van der Waals surface area contributed by atoms with Gasteiger partial charge in [-0.15, -0.1) is 0 Å². The highest BCUT2D eigenvalue weighted by Gasteiger charge is 2.33. The summed E-state index contributed by atoms with van der Waals surface area (Å²) in [5, 5.41) is 19.9. The van der Waals surface area contributed by atoms with Crippen LogP contribution in [0.5, 0.6) is 0 Å². The largest absolute Gasteiger partial charge is 0.493 e. The molecule has 0 aliphatic heterocycles. The van der Waals surface area contributed by atoms with Gasteiger partial charge in [0.05, 0.1) is 23.7 Å². The van der Waals surface area contributed by atoms with Crippen molar-refractivity contribution in [3.05, 3.63) is 34.8 Å². The van der Waals surface area contributed by atoms with Crippen LogP contribution in [-0.2, 0) is 19.1 Å². The first-order valence-electron chi connectivity index (χ1n) is 12.2. The zero-order valence-electron chi connectivity index (χ0n) is 20.9. The summed E-state index contributed by atoms with van der Waals surface area (Å²) in [6.45, 7) is 11.9. The van der Waals surface area contributed by atoms with Gasteiger partial charge in [0, 0.05) is 0 Å². The van der Waals surface area contributed by atoms with Gasteiger partial charge in [0.1, 0.15) is 12.2 Å². The van der Waals surface area contributed by atoms with Gasteiger partial charge in [-0.1, -0.05) is 54.4 Å². The summed E-state index contributed by atoms with van der Waals surface area (Å²) in [6.07, 6.45) is 9.70. The molecule has 0 aromatic heterocycles. The predicted molar refractivity (Wildman–Crippen MR) is 128 cm³/mol. The molecular weight excluding hydrogens is 408 g/mol. The first-order chi connectivity index (χ1) is 15.3. The Hall–Kier alpha value is -2.24. The summed E-state index contributed by atoms with van der Waals surface area (Å²) in [7, 11) is 0. The van der Waals surface area contributed by atoms with Crippen molar-refractivity contribution in [2.24, 2.45) is 0 Å². The number of carboxylic acids is 2. The van der Waals surface area contributed by atoms with Crippen LogP contribution in [0.25, 0.3) is 0 Å². The van der Waals surface area contributed by atoms with Crippen LogP contribution in [0.15, 0.2) is 34.8 Å². The molecule has 0 saturated heterocycles. The first-order valence-corrected chi connectivity index (χ1v) is 12.2. The number of rotatable bonds is 18. The zero-order chi connectivity index (χ0) is 24.5. The third kappa shape index (κ3) is 10.4. The third-order valence-electron chi connectivity index (χ3n) is 5.55. The van der Waals surface area contributed by atoms with E-state index in [-0.39, 0.29) is 11.1 Å². The van der Waals surface area contributed by atoms with Crippen LogP contribution < -0.4 is 0 Å². The summed E-state index contributed by atoms with van der Waals surface area (Å²) >= 11 is 0. The molecule has 0 aromatic rings. The van der Waals surface area contributed by atoms with Crippen molar-refractivity contribution in [1.82, 2.24) is 0 Å². The second kappa shape index (κ2) is 17.3. The number of aliphatic carboxylic acids is 2. The molecule has 0 aliphatic carbocycles. The average Bonchev–Trinajstić information content (AvgIpc) is 2.78. The van der Waals surface area contributed by atoms with Gasteiger partial charge in [-0.2, -0.15) is 0 Å². The molecule has 0 aliphatic rings. The van der Waals surface area contributed by atoms with Crippen LogP contribution in [0, 0.1) is 0 Å². The highest BCUT2D eigenvalue weighted by Crippen LogP contribution is 2.25. The van der Waals surface area contributed by atoms with E-state index in [9.17, 15) is 19.8 Å². The Morgan fingerprint density at radius 3 is 1.25 bits per heavy atom. The molecule has 0 fully saturated rings. The molecular formula is C26H44O6. The lowest BCUT2D eigenvalue weighted by atomic mass is 9.95. The summed E-state index contributed by atoms with van der Waals surface area (Å²) in [4.78, 5) is 24.4. The van der Waals surface area contributed by atoms with Crippen molar-refractivity contribution in [2.75, 3.05) is 0 Å². The van der Waals surface area contributed by atoms with Crippen molar-refractivity contribution in [3.8, 4) is 0 Å². The van der Waals surface area contributed by atoms with E-state index in [0.717, 1.165) is 62.5 Å². The smallest absolute Gasteiger partial charge is 0.336 e. The zero-order valence-corrected chi connectivity index (χ0v) is 20.9. The van der Waals surface area contributed by atoms with Crippen molar-refractivity contribution < 1.29 is 29.3 Å². The minimum Gasteiger partial charge on any atom is -0.493 e. The minimum atomic E-state index is -1.29. The molecule has 0 saturated carbocycles. The molecule has 0 radical (unpaired) electrons. The number of allylic oxidation sites excluding steroid dienone is 2. The molecule has 2 atom stereocenters. The van der Waals surface area contributed by atoms with Crippen molar-refractivity contribution >= 4 is 11.9 Å². The molecule has 0 aromatic carbocycles. The Bertz CT molecular complexity index is 603. The van der Waals surface area contributed by atoms with Gasteiger partial charge in [-0.05, 0) is 62.5 Å². The van der Waals surface area contributed by atoms with E-state index < -0.39 is 24.1 Å². The second-order valence-electron chi connectivity index (χ2n) is 7.97. The maximum absolute atomic E-state index is 12.2. The Morgan fingerprint density at radius 2 is 1.03 bits per heavy atom. The van der Waals surface area contributed by atoms with Gasteiger partial charge >= 0.3 is 11.9 Å². The van der Waals surface area contributed by atoms with Gasteiger partial charge in [0.15, 0.2) is 0 Å². The van der Waals surface area contributed by atoms with E-state index in [2.05, 4.69) is 13.8 Å². The van der Waals surface area contributed by atoms with Gasteiger partial charge in [0.2, 0.25) is 0 Å². The van der Waals surface area contributed by atoms with E-state index in [1.54, 1.807) is 26.4 Å². The molecule has 6 heteroatoms. The fraction of sp³-hybridized carbons (Fsp3) is 0.692. The third-order valence-corrected chi connectivity index (χ3v) is 5.55. The molecule has 6 nitrogen and oxygen atoms in total. The SMILES string of the molecule is CCCCC(=COC(CC)C(C(=O)O)=C(C(=O)O)C(CC)OC=C(CC)CCCC)CC. The van der Waals surface area contributed by atoms with E-state index in [1.807, 2.05) is 13.8 Å². The quantitative estimate of drug-likeness (QED) is 0.172. The van der Waals surface area contributed by atoms with Crippen LogP contribution in [0.1, 0.15) is 106 Å². The molecule has 0 amide bonds. The van der Waals surface area contributed by atoms with E-state index in [4.69, 9.17) is 9.47 Å². The molecule has 2 unspecified atom stereocenters. The lowest BCUT2D eigenvalue weighted by molar-refractivity contribution is -0.138. The maximum atomic E-state index is 12.2. The van der Waals surface area contributed by atoms with Crippen LogP contribution in [0.4, 0.5) is 0 Å². The lowest BCUT2D eigenvalue weighted by Crippen LogP contribution is -2.30. The highest BCUT2D eigenvalue weighted by molar-refractivity contribution is 6.00. The van der Waals surface area contributed by atoms with Crippen molar-refractivity contribution in [3.63, 3.8) is 0 Å². The molecule has 0 spiro atoms. The normalized spacial score (nSPS) is 15.1. The van der Waals surface area contributed by atoms with Crippen LogP contribution in [-0.4, -0.2) is 34.4 Å². The summed E-state index contributed by atoms with van der Waals surface area (Å²) in [5.41, 5.74) is 1.69. The lowest BCUT2D eigenvalue weighted by Gasteiger charge is -2.23. The Morgan fingerprint density at radius 1 is 0.688 bits per heavy atom. The maximum Gasteiger partial charge on any atom is 0.336 e. The summed E-state index contributed by atoms with van der Waals surface area (Å²) in [5.74, 6) is -2.58. The van der Waals surface area contributed by atoms with Gasteiger partial charge in [0.25, 0.3) is 0 Å². The van der Waals surface area contributed by atoms with E-state index in [0.29, 0.717) is 12.8 Å². The van der Waals surface area contributed by atoms with Crippen LogP contribution in [0.3, 0.4) is 0 Å². The molecule has 184 valence electrons. The number of hydrogen-bond acceptors (Lipinski definition) is 4. The number of unbranched alkanes of at least 4 members (excludes halogenated alkanes) is 2. The molecule has 0 bridgehead atoms. The second-order valence-corrected chi connectivity index (χ2v) is 7.97. The number of ether oxygens (including phenoxy) is 2. The molecule has 32 heavy (non-hydrogen) atoms. The Balaban J connectivity index is 6.11. The fourth-order valence-corrected chi connectivity index (χ4v) is 3.39. The van der Waals surface area contributed by atoms with Gasteiger partial charge in [-0.3, -0.25) is 0 Å². The van der Waals surface area contributed by atoms with Crippen molar-refractivity contribution in [1.29, 1.82) is 0 Å². The van der Waals surface area contributed by atoms with Crippen LogP contribution in [0.2, 0.25) is 0 Å². The monoisotopic (exact) mass is 452 g/mol. The average molecular weight is 453 g/mol. The van der Waals surface area contributed by atoms with E-state index in [1.165, 1.54) is 0 Å². The first kappa shape index (κ1) is 29.8. The van der Waals surface area contributed by atoms with Crippen molar-refractivity contribution in [2.45, 2.75) is 118 Å². The Kier molecular flexibility index (Phi) is 16.1. The number of carboxylic acid groups (broad SMARTS) is 2.